The van der Waals surface area contributed by atoms with Crippen molar-refractivity contribution >= 4 is 11.9 Å². The largest absolute Gasteiger partial charge is 0.458 e. The minimum absolute atomic E-state index is 0.0856. The molecule has 2 fully saturated rings. The molecule has 1 amide bonds. The quantitative estimate of drug-likeness (QED) is 0.378. The van der Waals surface area contributed by atoms with Gasteiger partial charge in [-0.25, -0.2) is 4.79 Å². The highest BCUT2D eigenvalue weighted by atomic mass is 16.6. The summed E-state index contributed by atoms with van der Waals surface area (Å²) < 4.78 is 11.1. The number of aliphatic hydroxyl groups excluding tert-OH is 1. The van der Waals surface area contributed by atoms with Gasteiger partial charge in [-0.05, 0) is 71.1 Å². The van der Waals surface area contributed by atoms with Crippen molar-refractivity contribution in [1.82, 2.24) is 4.90 Å². The number of hydrogen-bond acceptors (Lipinski definition) is 6. The first-order chi connectivity index (χ1) is 14.7. The number of nitrogens with zero attached hydrogens (tertiary/aromatic N) is 1. The summed E-state index contributed by atoms with van der Waals surface area (Å²) in [4.78, 5) is 27.9. The fourth-order valence-corrected chi connectivity index (χ4v) is 4.76. The van der Waals surface area contributed by atoms with Crippen molar-refractivity contribution in [2.24, 2.45) is 17.6 Å². The molecule has 0 unspecified atom stereocenters. The first-order valence-electron chi connectivity index (χ1n) is 12.2. The highest BCUT2D eigenvalue weighted by Crippen LogP contribution is 2.32. The Balaban J connectivity index is 1.93. The number of nitrogens with two attached hydrogens (primary N) is 1. The van der Waals surface area contributed by atoms with Crippen LogP contribution in [0, 0.1) is 11.8 Å². The van der Waals surface area contributed by atoms with Crippen molar-refractivity contribution in [1.29, 1.82) is 0 Å². The number of unbranched alkanes of at least 4 members (excludes halogenated alkanes) is 1. The van der Waals surface area contributed by atoms with Crippen LogP contribution < -0.4 is 5.73 Å². The summed E-state index contributed by atoms with van der Waals surface area (Å²) in [5.74, 6) is 0.0947. The van der Waals surface area contributed by atoms with Crippen LogP contribution in [0.1, 0.15) is 85.0 Å². The number of rotatable bonds is 11. The normalized spacial score (nSPS) is 23.7. The molecule has 0 spiro atoms. The Bertz CT molecular complexity index is 557. The van der Waals surface area contributed by atoms with Gasteiger partial charge in [-0.3, -0.25) is 4.79 Å². The van der Waals surface area contributed by atoms with Crippen molar-refractivity contribution in [3.63, 3.8) is 0 Å². The summed E-state index contributed by atoms with van der Waals surface area (Å²) in [5.41, 5.74) is 5.83. The first-order valence-corrected chi connectivity index (χ1v) is 12.2. The molecule has 3 atom stereocenters. The van der Waals surface area contributed by atoms with Crippen molar-refractivity contribution < 1.29 is 24.2 Å². The maximum absolute atomic E-state index is 13.3. The smallest absolute Gasteiger partial charge is 0.329 e. The Labute approximate surface area is 188 Å². The van der Waals surface area contributed by atoms with Gasteiger partial charge in [-0.1, -0.05) is 25.7 Å². The maximum Gasteiger partial charge on any atom is 0.329 e. The fraction of sp³-hybridized carbons (Fsp3) is 0.917. The van der Waals surface area contributed by atoms with Gasteiger partial charge in [-0.15, -0.1) is 0 Å². The number of ether oxygens (including phenoxy) is 2. The molecule has 1 saturated carbocycles. The molecule has 0 aromatic carbocycles. The molecule has 31 heavy (non-hydrogen) atoms. The summed E-state index contributed by atoms with van der Waals surface area (Å²) in [6.07, 6.45) is 9.65. The van der Waals surface area contributed by atoms with Crippen molar-refractivity contribution in [3.8, 4) is 0 Å². The molecule has 1 saturated heterocycles. The van der Waals surface area contributed by atoms with Gasteiger partial charge in [0, 0.05) is 26.4 Å². The first kappa shape index (κ1) is 26.1. The molecule has 3 N–H and O–H groups in total. The van der Waals surface area contributed by atoms with Gasteiger partial charge in [0.15, 0.2) is 0 Å². The number of likely N-dealkylation sites (tertiary alicyclic amines) is 1. The van der Waals surface area contributed by atoms with Crippen LogP contribution in [0.4, 0.5) is 0 Å². The molecule has 1 heterocycles. The fourth-order valence-electron chi connectivity index (χ4n) is 4.76. The lowest BCUT2D eigenvalue weighted by Crippen LogP contribution is -2.52. The molecule has 1 aliphatic carbocycles. The van der Waals surface area contributed by atoms with E-state index in [-0.39, 0.29) is 30.3 Å². The third-order valence-corrected chi connectivity index (χ3v) is 6.39. The second-order valence-corrected chi connectivity index (χ2v) is 10.3. The van der Waals surface area contributed by atoms with Crippen LogP contribution in [0.15, 0.2) is 0 Å². The molecule has 7 heteroatoms. The van der Waals surface area contributed by atoms with Crippen LogP contribution in [0.25, 0.3) is 0 Å². The van der Waals surface area contributed by atoms with Gasteiger partial charge >= 0.3 is 5.97 Å². The van der Waals surface area contributed by atoms with Gasteiger partial charge in [0.05, 0.1) is 6.04 Å². The van der Waals surface area contributed by atoms with E-state index < -0.39 is 17.7 Å². The van der Waals surface area contributed by atoms with Crippen LogP contribution in [-0.2, 0) is 19.1 Å². The molecule has 0 aromatic rings. The summed E-state index contributed by atoms with van der Waals surface area (Å²) in [6, 6.07) is -1.06. The van der Waals surface area contributed by atoms with Crippen molar-refractivity contribution in [3.05, 3.63) is 0 Å². The van der Waals surface area contributed by atoms with Gasteiger partial charge in [0.2, 0.25) is 5.91 Å². The number of esters is 1. The van der Waals surface area contributed by atoms with E-state index in [1.165, 1.54) is 6.42 Å². The summed E-state index contributed by atoms with van der Waals surface area (Å²) in [7, 11) is 0. The molecule has 2 rings (SSSR count). The molecule has 2 aliphatic rings. The van der Waals surface area contributed by atoms with Crippen molar-refractivity contribution in [2.75, 3.05) is 26.4 Å². The number of carbonyl (C=O) groups excluding carboxylic acids is 2. The van der Waals surface area contributed by atoms with E-state index in [1.54, 1.807) is 4.90 Å². The zero-order valence-corrected chi connectivity index (χ0v) is 19.8. The number of carbonyl (C=O) groups is 2. The Morgan fingerprint density at radius 2 is 1.77 bits per heavy atom. The van der Waals surface area contributed by atoms with Crippen LogP contribution in [0.3, 0.4) is 0 Å². The van der Waals surface area contributed by atoms with E-state index in [0.717, 1.165) is 44.9 Å². The molecule has 180 valence electrons. The number of amides is 1. The summed E-state index contributed by atoms with van der Waals surface area (Å²) in [6.45, 7) is 7.56. The van der Waals surface area contributed by atoms with Gasteiger partial charge in [-0.2, -0.15) is 0 Å². The lowest BCUT2D eigenvalue weighted by Gasteiger charge is -2.32. The standard InChI is InChI=1S/C24H44N2O5/c1-24(2,3)31-23(29)20-16-18(10-7-8-14-30-15-9-13-27)17-26(20)22(28)21(25)19-11-5-4-6-12-19/h18-21,27H,4-17,25H2,1-3H3/t18-,20+,21+/m1/s1. The van der Waals surface area contributed by atoms with E-state index in [1.807, 2.05) is 20.8 Å². The molecular weight excluding hydrogens is 396 g/mol. The molecule has 1 aliphatic heterocycles. The highest BCUT2D eigenvalue weighted by Gasteiger charge is 2.43. The van der Waals surface area contributed by atoms with E-state index >= 15 is 0 Å². The molecular formula is C24H44N2O5. The van der Waals surface area contributed by atoms with Gasteiger partial charge in [0.1, 0.15) is 11.6 Å². The average molecular weight is 441 g/mol. The van der Waals surface area contributed by atoms with E-state index in [4.69, 9.17) is 20.3 Å². The maximum atomic E-state index is 13.3. The lowest BCUT2D eigenvalue weighted by molar-refractivity contribution is -0.163. The van der Waals surface area contributed by atoms with E-state index in [0.29, 0.717) is 32.6 Å². The summed E-state index contributed by atoms with van der Waals surface area (Å²) in [5, 5.41) is 8.79. The number of hydrogen-bond donors (Lipinski definition) is 2. The molecule has 0 aromatic heterocycles. The van der Waals surface area contributed by atoms with Crippen LogP contribution >= 0.6 is 0 Å². The highest BCUT2D eigenvalue weighted by molar-refractivity contribution is 5.88. The lowest BCUT2D eigenvalue weighted by atomic mass is 9.83. The zero-order chi connectivity index (χ0) is 22.9. The molecule has 0 radical (unpaired) electrons. The van der Waals surface area contributed by atoms with Gasteiger partial charge in [0.25, 0.3) is 0 Å². The van der Waals surface area contributed by atoms with Crippen LogP contribution in [0.5, 0.6) is 0 Å². The monoisotopic (exact) mass is 440 g/mol. The Hall–Kier alpha value is -1.18. The topological polar surface area (TPSA) is 102 Å². The molecule has 0 bridgehead atoms. The van der Waals surface area contributed by atoms with Crippen molar-refractivity contribution in [2.45, 2.75) is 103 Å². The zero-order valence-electron chi connectivity index (χ0n) is 19.8. The Morgan fingerprint density at radius 1 is 1.10 bits per heavy atom. The SMILES string of the molecule is CC(C)(C)OC(=O)[C@@H]1C[C@@H](CCCCOCCCO)CN1C(=O)[C@@H](N)C1CCCCC1. The third-order valence-electron chi connectivity index (χ3n) is 6.39. The minimum atomic E-state index is -0.582. The second-order valence-electron chi connectivity index (χ2n) is 10.3. The van der Waals surface area contributed by atoms with Gasteiger partial charge < -0.3 is 25.2 Å². The predicted molar refractivity (Wildman–Crippen MR) is 120 cm³/mol. The third kappa shape index (κ3) is 8.70. The predicted octanol–water partition coefficient (Wildman–Crippen LogP) is 3.02. The van der Waals surface area contributed by atoms with Crippen LogP contribution in [0.2, 0.25) is 0 Å². The molecule has 7 nitrogen and oxygen atoms in total. The second kappa shape index (κ2) is 12.8. The number of aliphatic hydroxyl groups is 1. The van der Waals surface area contributed by atoms with E-state index in [2.05, 4.69) is 0 Å². The minimum Gasteiger partial charge on any atom is -0.458 e. The van der Waals surface area contributed by atoms with Crippen LogP contribution in [-0.4, -0.2) is 65.9 Å². The van der Waals surface area contributed by atoms with E-state index in [9.17, 15) is 9.59 Å². The summed E-state index contributed by atoms with van der Waals surface area (Å²) >= 11 is 0. The average Bonchev–Trinajstić information content (AvgIpc) is 3.16. The Kier molecular flexibility index (Phi) is 10.7. The Morgan fingerprint density at radius 3 is 2.42 bits per heavy atom.